The molecule has 0 unspecified atom stereocenters. The molecule has 0 bridgehead atoms. The Morgan fingerprint density at radius 1 is 1.02 bits per heavy atom. The summed E-state index contributed by atoms with van der Waals surface area (Å²) in [6.45, 7) is 1.92. The lowest BCUT2D eigenvalue weighted by molar-refractivity contribution is -0.186. The predicted molar refractivity (Wildman–Crippen MR) is 146 cm³/mol. The van der Waals surface area contributed by atoms with E-state index in [1.807, 2.05) is 37.3 Å². The summed E-state index contributed by atoms with van der Waals surface area (Å²) in [6.07, 6.45) is -4.08. The molecule has 1 aliphatic heterocycles. The minimum absolute atomic E-state index is 0.00431. The van der Waals surface area contributed by atoms with E-state index in [4.69, 9.17) is 14.3 Å². The Kier molecular flexibility index (Phi) is 9.72. The normalized spacial score (nSPS) is 15.6. The van der Waals surface area contributed by atoms with Crippen LogP contribution in [0.1, 0.15) is 46.0 Å². The van der Waals surface area contributed by atoms with Crippen molar-refractivity contribution in [1.82, 2.24) is 10.4 Å². The number of hydrogen-bond donors (Lipinski definition) is 1. The van der Waals surface area contributed by atoms with Gasteiger partial charge in [-0.2, -0.15) is 13.2 Å². The summed E-state index contributed by atoms with van der Waals surface area (Å²) in [5, 5.41) is 3.69. The van der Waals surface area contributed by atoms with Crippen LogP contribution in [0.2, 0.25) is 0 Å². The van der Waals surface area contributed by atoms with Crippen molar-refractivity contribution in [2.24, 2.45) is 5.92 Å². The van der Waals surface area contributed by atoms with E-state index < -0.39 is 41.7 Å². The predicted octanol–water partition coefficient (Wildman–Crippen LogP) is 5.73. The summed E-state index contributed by atoms with van der Waals surface area (Å²) < 4.78 is 48.9. The summed E-state index contributed by atoms with van der Waals surface area (Å²) >= 11 is 0. The van der Waals surface area contributed by atoms with Crippen molar-refractivity contribution in [2.75, 3.05) is 13.7 Å². The maximum atomic E-state index is 13.1. The zero-order valence-corrected chi connectivity index (χ0v) is 23.1. The molecule has 222 valence electrons. The fraction of sp³-hybridized carbons (Fsp3) is 0.323. The SMILES string of the molecule is CC[C@H](Cc1ccc(OC)c(C(=O)NCc2ccc(C(F)(F)F)cc2)c1)C(=O)ON1C(=O)OC[C@@H]1Cc1ccccc1. The molecule has 1 heterocycles. The summed E-state index contributed by atoms with van der Waals surface area (Å²) in [7, 11) is 1.41. The number of methoxy groups -OCH3 is 1. The minimum Gasteiger partial charge on any atom is -0.496 e. The number of hydrogen-bond acceptors (Lipinski definition) is 6. The van der Waals surface area contributed by atoms with Crippen molar-refractivity contribution in [1.29, 1.82) is 0 Å². The van der Waals surface area contributed by atoms with Crippen molar-refractivity contribution in [3.63, 3.8) is 0 Å². The molecule has 8 nitrogen and oxygen atoms in total. The van der Waals surface area contributed by atoms with E-state index in [1.54, 1.807) is 18.2 Å². The van der Waals surface area contributed by atoms with E-state index in [0.717, 1.165) is 22.8 Å². The smallest absolute Gasteiger partial charge is 0.443 e. The second-order valence-corrected chi connectivity index (χ2v) is 9.88. The van der Waals surface area contributed by atoms with Gasteiger partial charge in [-0.1, -0.05) is 55.5 Å². The molecule has 42 heavy (non-hydrogen) atoms. The van der Waals surface area contributed by atoms with Crippen LogP contribution in [0.25, 0.3) is 0 Å². The van der Waals surface area contributed by atoms with Crippen LogP contribution in [0.3, 0.4) is 0 Å². The zero-order chi connectivity index (χ0) is 30.3. The van der Waals surface area contributed by atoms with Crippen LogP contribution < -0.4 is 10.1 Å². The molecule has 4 rings (SSSR count). The lowest BCUT2D eigenvalue weighted by atomic mass is 9.95. The Morgan fingerprint density at radius 3 is 2.36 bits per heavy atom. The van der Waals surface area contributed by atoms with Gasteiger partial charge in [0.2, 0.25) is 0 Å². The molecule has 1 aliphatic rings. The molecule has 2 atom stereocenters. The van der Waals surface area contributed by atoms with Gasteiger partial charge in [-0.3, -0.25) is 4.79 Å². The Bertz CT molecular complexity index is 1400. The standard InChI is InChI=1S/C31H31F3N2O6/c1-3-23(29(38)42-36-25(19-41-30(36)39)16-20-7-5-4-6-8-20)15-22-11-14-27(40-2)26(17-22)28(37)35-18-21-9-12-24(13-10-21)31(32,33)34/h4-14,17,23,25H,3,15-16,18-19H2,1-2H3,(H,35,37)/t23-,25+/m1/s1. The highest BCUT2D eigenvalue weighted by molar-refractivity contribution is 5.97. The Balaban J connectivity index is 1.41. The Labute approximate surface area is 241 Å². The molecular weight excluding hydrogens is 553 g/mol. The highest BCUT2D eigenvalue weighted by atomic mass is 19.4. The average Bonchev–Trinajstić information content (AvgIpc) is 3.32. The van der Waals surface area contributed by atoms with Crippen LogP contribution in [0.15, 0.2) is 72.8 Å². The maximum Gasteiger partial charge on any atom is 0.443 e. The minimum atomic E-state index is -4.44. The van der Waals surface area contributed by atoms with Crippen molar-refractivity contribution >= 4 is 18.0 Å². The molecule has 2 amide bonds. The highest BCUT2D eigenvalue weighted by Gasteiger charge is 2.38. The van der Waals surface area contributed by atoms with E-state index in [-0.39, 0.29) is 25.1 Å². The molecule has 1 fully saturated rings. The van der Waals surface area contributed by atoms with Gasteiger partial charge < -0.3 is 19.6 Å². The molecule has 0 spiro atoms. The first-order valence-electron chi connectivity index (χ1n) is 13.4. The maximum absolute atomic E-state index is 13.1. The fourth-order valence-electron chi connectivity index (χ4n) is 4.59. The van der Waals surface area contributed by atoms with E-state index in [2.05, 4.69) is 5.32 Å². The van der Waals surface area contributed by atoms with Crippen LogP contribution in [0, 0.1) is 5.92 Å². The Hall–Kier alpha value is -4.54. The lowest BCUT2D eigenvalue weighted by Gasteiger charge is -2.23. The van der Waals surface area contributed by atoms with Gasteiger partial charge in [0.25, 0.3) is 5.91 Å². The van der Waals surface area contributed by atoms with Crippen LogP contribution in [0.5, 0.6) is 5.75 Å². The number of amides is 2. The van der Waals surface area contributed by atoms with Gasteiger partial charge >= 0.3 is 18.2 Å². The monoisotopic (exact) mass is 584 g/mol. The molecule has 3 aromatic carbocycles. The second-order valence-electron chi connectivity index (χ2n) is 9.88. The van der Waals surface area contributed by atoms with E-state index in [9.17, 15) is 27.6 Å². The van der Waals surface area contributed by atoms with Crippen molar-refractivity contribution in [3.05, 3.63) is 101 Å². The lowest BCUT2D eigenvalue weighted by Crippen LogP contribution is -2.39. The number of rotatable bonds is 11. The molecule has 11 heteroatoms. The molecule has 0 radical (unpaired) electrons. The number of alkyl halides is 3. The van der Waals surface area contributed by atoms with Crippen LogP contribution in [-0.4, -0.2) is 42.8 Å². The summed E-state index contributed by atoms with van der Waals surface area (Å²) in [6, 6.07) is 18.5. The molecule has 0 aromatic heterocycles. The topological polar surface area (TPSA) is 94.2 Å². The van der Waals surface area contributed by atoms with Crippen LogP contribution in [-0.2, 0) is 39.9 Å². The number of halogens is 3. The molecular formula is C31H31F3N2O6. The number of carbonyl (C=O) groups excluding carboxylic acids is 3. The van der Waals surface area contributed by atoms with Gasteiger partial charge in [0.15, 0.2) is 0 Å². The van der Waals surface area contributed by atoms with Gasteiger partial charge in [-0.25, -0.2) is 9.59 Å². The molecule has 1 saturated heterocycles. The quantitative estimate of drug-likeness (QED) is 0.309. The number of benzene rings is 3. The van der Waals surface area contributed by atoms with E-state index in [1.165, 1.54) is 19.2 Å². The van der Waals surface area contributed by atoms with Gasteiger partial charge in [-0.05, 0) is 60.2 Å². The van der Waals surface area contributed by atoms with E-state index >= 15 is 0 Å². The first-order valence-corrected chi connectivity index (χ1v) is 13.4. The van der Waals surface area contributed by atoms with Gasteiger partial charge in [0.05, 0.1) is 24.2 Å². The zero-order valence-electron chi connectivity index (χ0n) is 23.1. The molecule has 0 saturated carbocycles. The number of hydroxylamine groups is 2. The van der Waals surface area contributed by atoms with Crippen molar-refractivity contribution < 1.29 is 41.9 Å². The second kappa shape index (κ2) is 13.4. The molecule has 0 aliphatic carbocycles. The van der Waals surface area contributed by atoms with E-state index in [0.29, 0.717) is 29.7 Å². The third kappa shape index (κ3) is 7.59. The number of nitrogens with zero attached hydrogens (tertiary/aromatic N) is 1. The number of carbonyl (C=O) groups is 3. The van der Waals surface area contributed by atoms with Crippen LogP contribution in [0.4, 0.5) is 18.0 Å². The van der Waals surface area contributed by atoms with Gasteiger partial charge in [0, 0.05) is 6.54 Å². The first-order chi connectivity index (χ1) is 20.1. The molecule has 1 N–H and O–H groups in total. The number of ether oxygens (including phenoxy) is 2. The Morgan fingerprint density at radius 2 is 1.71 bits per heavy atom. The van der Waals surface area contributed by atoms with Crippen molar-refractivity contribution in [3.8, 4) is 5.75 Å². The van der Waals surface area contributed by atoms with Gasteiger partial charge in [0.1, 0.15) is 18.4 Å². The van der Waals surface area contributed by atoms with Gasteiger partial charge in [-0.15, -0.1) is 5.06 Å². The molecule has 3 aromatic rings. The number of cyclic esters (lactones) is 1. The third-order valence-corrected chi connectivity index (χ3v) is 6.96. The largest absolute Gasteiger partial charge is 0.496 e. The third-order valence-electron chi connectivity index (χ3n) is 6.96. The summed E-state index contributed by atoms with van der Waals surface area (Å²) in [5.74, 6) is -1.42. The summed E-state index contributed by atoms with van der Waals surface area (Å²) in [5.41, 5.74) is 1.55. The first kappa shape index (κ1) is 30.4. The number of nitrogens with one attached hydrogen (secondary N) is 1. The highest BCUT2D eigenvalue weighted by Crippen LogP contribution is 2.29. The van der Waals surface area contributed by atoms with Crippen molar-refractivity contribution in [2.45, 2.75) is 44.9 Å². The average molecular weight is 585 g/mol. The fourth-order valence-corrected chi connectivity index (χ4v) is 4.59. The van der Waals surface area contributed by atoms with Crippen LogP contribution >= 0.6 is 0 Å². The summed E-state index contributed by atoms with van der Waals surface area (Å²) in [4.78, 5) is 43.9.